The van der Waals surface area contributed by atoms with Gasteiger partial charge >= 0.3 is 5.97 Å². The standard InChI is InChI=1S/C20H31N3O4/c1-4-26-19(25)20(8-6-9-22(3)14-20)12-17-11-18(21-27-17)16-7-5-10-23(13-16)15(2)24/h11,16H,4-10,12-14H2,1-3H3. The Morgan fingerprint density at radius 3 is 2.89 bits per heavy atom. The van der Waals surface area contributed by atoms with Gasteiger partial charge in [-0.05, 0) is 46.2 Å². The van der Waals surface area contributed by atoms with Gasteiger partial charge in [-0.1, -0.05) is 5.16 Å². The van der Waals surface area contributed by atoms with Crippen LogP contribution in [0.4, 0.5) is 0 Å². The van der Waals surface area contributed by atoms with Crippen molar-refractivity contribution < 1.29 is 18.8 Å². The fourth-order valence-electron chi connectivity index (χ4n) is 4.47. The lowest BCUT2D eigenvalue weighted by atomic mass is 9.76. The van der Waals surface area contributed by atoms with E-state index >= 15 is 0 Å². The number of esters is 1. The summed E-state index contributed by atoms with van der Waals surface area (Å²) in [6.07, 6.45) is 4.25. The van der Waals surface area contributed by atoms with Gasteiger partial charge in [-0.15, -0.1) is 0 Å². The maximum atomic E-state index is 12.7. The number of hydrogen-bond acceptors (Lipinski definition) is 6. The molecule has 0 aromatic carbocycles. The first-order valence-electron chi connectivity index (χ1n) is 10.0. The zero-order valence-electron chi connectivity index (χ0n) is 16.7. The molecular formula is C20H31N3O4. The lowest BCUT2D eigenvalue weighted by Gasteiger charge is -2.38. The average molecular weight is 377 g/mol. The Bertz CT molecular complexity index is 674. The summed E-state index contributed by atoms with van der Waals surface area (Å²) in [5.74, 6) is 0.894. The lowest BCUT2D eigenvalue weighted by molar-refractivity contribution is -0.159. The Balaban J connectivity index is 1.74. The Labute approximate surface area is 161 Å². The van der Waals surface area contributed by atoms with E-state index in [9.17, 15) is 9.59 Å². The van der Waals surface area contributed by atoms with Crippen LogP contribution in [-0.2, 0) is 20.7 Å². The predicted octanol–water partition coefficient (Wildman–Crippen LogP) is 2.22. The highest BCUT2D eigenvalue weighted by Crippen LogP contribution is 2.36. The number of ether oxygens (including phenoxy) is 1. The first-order chi connectivity index (χ1) is 12.9. The number of carbonyl (C=O) groups excluding carboxylic acids is 2. The summed E-state index contributed by atoms with van der Waals surface area (Å²) >= 11 is 0. The van der Waals surface area contributed by atoms with Gasteiger partial charge in [0.1, 0.15) is 5.76 Å². The molecule has 2 unspecified atom stereocenters. The normalized spacial score (nSPS) is 26.8. The maximum Gasteiger partial charge on any atom is 0.313 e. The second kappa shape index (κ2) is 8.42. The van der Waals surface area contributed by atoms with Gasteiger partial charge in [0.2, 0.25) is 5.91 Å². The number of rotatable bonds is 5. The minimum atomic E-state index is -0.572. The molecule has 2 aliphatic heterocycles. The number of carbonyl (C=O) groups is 2. The number of nitrogens with zero attached hydrogens (tertiary/aromatic N) is 3. The van der Waals surface area contributed by atoms with Crippen molar-refractivity contribution in [2.45, 2.75) is 51.9 Å². The smallest absolute Gasteiger partial charge is 0.313 e. The SMILES string of the molecule is CCOC(=O)C1(Cc2cc(C3CCCN(C(C)=O)C3)no2)CCCN(C)C1. The van der Waals surface area contributed by atoms with Crippen LogP contribution in [0.25, 0.3) is 0 Å². The highest BCUT2D eigenvalue weighted by atomic mass is 16.5. The number of piperidine rings is 2. The number of amides is 1. The van der Waals surface area contributed by atoms with E-state index in [1.54, 1.807) is 6.92 Å². The molecule has 2 atom stereocenters. The molecule has 0 saturated carbocycles. The lowest BCUT2D eigenvalue weighted by Crippen LogP contribution is -2.48. The van der Waals surface area contributed by atoms with Crippen molar-refractivity contribution in [2.24, 2.45) is 5.41 Å². The summed E-state index contributed by atoms with van der Waals surface area (Å²) in [6.45, 7) is 7.00. The van der Waals surface area contributed by atoms with E-state index in [1.807, 2.05) is 24.9 Å². The minimum absolute atomic E-state index is 0.106. The molecular weight excluding hydrogens is 346 g/mol. The van der Waals surface area contributed by atoms with Gasteiger partial charge in [0.25, 0.3) is 0 Å². The van der Waals surface area contributed by atoms with E-state index < -0.39 is 5.41 Å². The minimum Gasteiger partial charge on any atom is -0.466 e. The highest BCUT2D eigenvalue weighted by molar-refractivity contribution is 5.77. The van der Waals surface area contributed by atoms with Crippen LogP contribution in [0.2, 0.25) is 0 Å². The molecule has 7 heteroatoms. The van der Waals surface area contributed by atoms with Gasteiger partial charge in [-0.3, -0.25) is 9.59 Å². The predicted molar refractivity (Wildman–Crippen MR) is 100 cm³/mol. The summed E-state index contributed by atoms with van der Waals surface area (Å²) < 4.78 is 11.0. The second-order valence-electron chi connectivity index (χ2n) is 8.04. The van der Waals surface area contributed by atoms with Gasteiger partial charge in [0, 0.05) is 45.0 Å². The third kappa shape index (κ3) is 4.51. The van der Waals surface area contributed by atoms with E-state index in [4.69, 9.17) is 9.26 Å². The summed E-state index contributed by atoms with van der Waals surface area (Å²) in [5, 5.41) is 4.28. The largest absolute Gasteiger partial charge is 0.466 e. The molecule has 27 heavy (non-hydrogen) atoms. The van der Waals surface area contributed by atoms with Crippen LogP contribution in [-0.4, -0.2) is 66.7 Å². The fourth-order valence-corrected chi connectivity index (χ4v) is 4.47. The van der Waals surface area contributed by atoms with Crippen molar-refractivity contribution in [2.75, 3.05) is 39.8 Å². The topological polar surface area (TPSA) is 75.9 Å². The van der Waals surface area contributed by atoms with Crippen LogP contribution in [0.15, 0.2) is 10.6 Å². The first-order valence-corrected chi connectivity index (χ1v) is 10.0. The molecule has 150 valence electrons. The fraction of sp³-hybridized carbons (Fsp3) is 0.750. The Kier molecular flexibility index (Phi) is 6.19. The summed E-state index contributed by atoms with van der Waals surface area (Å²) in [5.41, 5.74) is 0.316. The van der Waals surface area contributed by atoms with Crippen molar-refractivity contribution in [1.29, 1.82) is 0 Å². The summed E-state index contributed by atoms with van der Waals surface area (Å²) in [7, 11) is 2.04. The van der Waals surface area contributed by atoms with Gasteiger partial charge < -0.3 is 19.1 Å². The van der Waals surface area contributed by atoms with E-state index in [0.717, 1.165) is 50.2 Å². The van der Waals surface area contributed by atoms with Gasteiger partial charge in [-0.25, -0.2) is 0 Å². The number of aromatic nitrogens is 1. The molecule has 0 aliphatic carbocycles. The molecule has 2 aliphatic rings. The van der Waals surface area contributed by atoms with Crippen LogP contribution in [0.5, 0.6) is 0 Å². The van der Waals surface area contributed by atoms with Crippen molar-refractivity contribution in [1.82, 2.24) is 15.0 Å². The molecule has 0 spiro atoms. The summed E-state index contributed by atoms with van der Waals surface area (Å²) in [4.78, 5) is 28.5. The first kappa shape index (κ1) is 19.9. The molecule has 1 amide bonds. The van der Waals surface area contributed by atoms with E-state index in [0.29, 0.717) is 26.1 Å². The zero-order valence-corrected chi connectivity index (χ0v) is 16.7. The molecule has 2 fully saturated rings. The Morgan fingerprint density at radius 2 is 2.19 bits per heavy atom. The van der Waals surface area contributed by atoms with Crippen LogP contribution >= 0.6 is 0 Å². The van der Waals surface area contributed by atoms with Crippen molar-refractivity contribution in [3.05, 3.63) is 17.5 Å². The van der Waals surface area contributed by atoms with Crippen LogP contribution in [0, 0.1) is 5.41 Å². The molecule has 0 radical (unpaired) electrons. The number of likely N-dealkylation sites (tertiary alicyclic amines) is 2. The zero-order chi connectivity index (χ0) is 19.4. The Hall–Kier alpha value is -1.89. The van der Waals surface area contributed by atoms with Crippen LogP contribution in [0.3, 0.4) is 0 Å². The van der Waals surface area contributed by atoms with E-state index in [-0.39, 0.29) is 17.8 Å². The Morgan fingerprint density at radius 1 is 1.37 bits per heavy atom. The molecule has 1 aromatic rings. The quantitative estimate of drug-likeness (QED) is 0.733. The monoisotopic (exact) mass is 377 g/mol. The molecule has 7 nitrogen and oxygen atoms in total. The van der Waals surface area contributed by atoms with Crippen molar-refractivity contribution in [3.8, 4) is 0 Å². The second-order valence-corrected chi connectivity index (χ2v) is 8.04. The third-order valence-electron chi connectivity index (χ3n) is 5.85. The maximum absolute atomic E-state index is 12.7. The van der Waals surface area contributed by atoms with Crippen molar-refractivity contribution >= 4 is 11.9 Å². The molecule has 3 heterocycles. The average Bonchev–Trinajstić information content (AvgIpc) is 3.10. The van der Waals surface area contributed by atoms with Crippen LogP contribution in [0.1, 0.15) is 56.9 Å². The van der Waals surface area contributed by atoms with E-state index in [2.05, 4.69) is 10.1 Å². The molecule has 1 aromatic heterocycles. The molecule has 0 bridgehead atoms. The van der Waals surface area contributed by atoms with Gasteiger partial charge in [0.15, 0.2) is 0 Å². The highest BCUT2D eigenvalue weighted by Gasteiger charge is 2.44. The van der Waals surface area contributed by atoms with Crippen LogP contribution < -0.4 is 0 Å². The van der Waals surface area contributed by atoms with Gasteiger partial charge in [0.05, 0.1) is 17.7 Å². The summed E-state index contributed by atoms with van der Waals surface area (Å²) in [6, 6.07) is 1.98. The molecule has 2 saturated heterocycles. The van der Waals surface area contributed by atoms with Gasteiger partial charge in [-0.2, -0.15) is 0 Å². The number of hydrogen-bond donors (Lipinski definition) is 0. The van der Waals surface area contributed by atoms with E-state index in [1.165, 1.54) is 0 Å². The third-order valence-corrected chi connectivity index (χ3v) is 5.85. The molecule has 3 rings (SSSR count). The molecule has 0 N–H and O–H groups in total. The van der Waals surface area contributed by atoms with Crippen molar-refractivity contribution in [3.63, 3.8) is 0 Å².